The van der Waals surface area contributed by atoms with E-state index in [0.717, 1.165) is 31.6 Å². The molecule has 1 aliphatic heterocycles. The van der Waals surface area contributed by atoms with Crippen LogP contribution in [0.3, 0.4) is 0 Å². The lowest BCUT2D eigenvalue weighted by Crippen LogP contribution is -2.55. The highest BCUT2D eigenvalue weighted by Gasteiger charge is 2.44. The molecule has 0 bridgehead atoms. The van der Waals surface area contributed by atoms with Crippen LogP contribution < -0.4 is 10.2 Å². The molecular formula is C19H26N4O. The van der Waals surface area contributed by atoms with Crippen molar-refractivity contribution in [2.24, 2.45) is 0 Å². The minimum atomic E-state index is -0.600. The van der Waals surface area contributed by atoms with Gasteiger partial charge >= 0.3 is 0 Å². The van der Waals surface area contributed by atoms with Crippen LogP contribution in [0.25, 0.3) is 0 Å². The second kappa shape index (κ2) is 6.77. The van der Waals surface area contributed by atoms with Crippen molar-refractivity contribution in [2.75, 3.05) is 25.0 Å². The lowest BCUT2D eigenvalue weighted by atomic mass is 9.86. The molecule has 0 unspecified atom stereocenters. The van der Waals surface area contributed by atoms with Crippen LogP contribution in [0, 0.1) is 0 Å². The van der Waals surface area contributed by atoms with Gasteiger partial charge in [0.05, 0.1) is 0 Å². The van der Waals surface area contributed by atoms with Gasteiger partial charge in [-0.1, -0.05) is 26.0 Å². The summed E-state index contributed by atoms with van der Waals surface area (Å²) in [6.45, 7) is 5.98. The first kappa shape index (κ1) is 16.7. The average Bonchev–Trinajstić information content (AvgIpc) is 3.16. The molecular weight excluding hydrogens is 300 g/mol. The van der Waals surface area contributed by atoms with Gasteiger partial charge in [0.15, 0.2) is 0 Å². The monoisotopic (exact) mass is 326 g/mol. The van der Waals surface area contributed by atoms with Gasteiger partial charge in [-0.15, -0.1) is 0 Å². The number of nitrogens with one attached hydrogen (secondary N) is 1. The van der Waals surface area contributed by atoms with E-state index in [4.69, 9.17) is 0 Å². The van der Waals surface area contributed by atoms with Gasteiger partial charge in [0.25, 0.3) is 5.91 Å². The van der Waals surface area contributed by atoms with E-state index >= 15 is 0 Å². The van der Waals surface area contributed by atoms with Gasteiger partial charge in [-0.3, -0.25) is 9.48 Å². The van der Waals surface area contributed by atoms with Crippen LogP contribution >= 0.6 is 0 Å². The number of rotatable bonds is 4. The number of hydrogen-bond donors (Lipinski definition) is 1. The third-order valence-corrected chi connectivity index (χ3v) is 5.00. The molecule has 0 saturated carbocycles. The zero-order valence-corrected chi connectivity index (χ0v) is 14.7. The molecule has 1 fully saturated rings. The summed E-state index contributed by atoms with van der Waals surface area (Å²) in [6, 6.07) is 10.1. The largest absolute Gasteiger partial charge is 0.317 e. The van der Waals surface area contributed by atoms with Gasteiger partial charge in [0.2, 0.25) is 0 Å². The van der Waals surface area contributed by atoms with E-state index < -0.39 is 5.54 Å². The van der Waals surface area contributed by atoms with E-state index in [0.29, 0.717) is 5.92 Å². The SMILES string of the molecule is CC(C)c1cccc(N(C)C(=O)C2(n3cccn3)CCNCC2)c1. The molecule has 1 N–H and O–H groups in total. The number of piperidine rings is 1. The standard InChI is InChI=1S/C19H26N4O/c1-15(2)16-6-4-7-17(14-16)22(3)18(24)19(8-11-20-12-9-19)23-13-5-10-21-23/h4-7,10,13-15,20H,8-9,11-12H2,1-3H3. The molecule has 0 atom stereocenters. The number of hydrogen-bond acceptors (Lipinski definition) is 3. The summed E-state index contributed by atoms with van der Waals surface area (Å²) in [7, 11) is 1.87. The predicted octanol–water partition coefficient (Wildman–Crippen LogP) is 2.75. The molecule has 1 amide bonds. The van der Waals surface area contributed by atoms with Crippen molar-refractivity contribution in [3.05, 3.63) is 48.3 Å². The van der Waals surface area contributed by atoms with Crippen molar-refractivity contribution in [3.8, 4) is 0 Å². The molecule has 3 rings (SSSR count). The van der Waals surface area contributed by atoms with Gasteiger partial charge in [-0.25, -0.2) is 0 Å². The number of carbonyl (C=O) groups is 1. The number of anilines is 1. The Morgan fingerprint density at radius 2 is 2.04 bits per heavy atom. The van der Waals surface area contributed by atoms with E-state index in [-0.39, 0.29) is 5.91 Å². The van der Waals surface area contributed by atoms with Crippen LogP contribution in [-0.4, -0.2) is 35.8 Å². The molecule has 5 heteroatoms. The molecule has 1 aromatic carbocycles. The van der Waals surface area contributed by atoms with Crippen molar-refractivity contribution < 1.29 is 4.79 Å². The number of benzene rings is 1. The smallest absolute Gasteiger partial charge is 0.254 e. The first-order valence-electron chi connectivity index (χ1n) is 8.63. The Balaban J connectivity index is 1.94. The Bertz CT molecular complexity index is 687. The summed E-state index contributed by atoms with van der Waals surface area (Å²) in [5.41, 5.74) is 1.58. The van der Waals surface area contributed by atoms with Crippen LogP contribution in [0.4, 0.5) is 5.69 Å². The van der Waals surface area contributed by atoms with Crippen LogP contribution in [0.15, 0.2) is 42.7 Å². The number of carbonyl (C=O) groups excluding carboxylic acids is 1. The molecule has 5 nitrogen and oxygen atoms in total. The Hall–Kier alpha value is -2.14. The van der Waals surface area contributed by atoms with Crippen LogP contribution in [0.5, 0.6) is 0 Å². The fraction of sp³-hybridized carbons (Fsp3) is 0.474. The fourth-order valence-electron chi connectivity index (χ4n) is 3.43. The van der Waals surface area contributed by atoms with Gasteiger partial charge in [0, 0.05) is 25.1 Å². The van der Waals surface area contributed by atoms with E-state index in [9.17, 15) is 4.79 Å². The highest BCUT2D eigenvalue weighted by Crippen LogP contribution is 2.31. The van der Waals surface area contributed by atoms with Crippen molar-refractivity contribution in [1.82, 2.24) is 15.1 Å². The first-order valence-corrected chi connectivity index (χ1v) is 8.63. The third kappa shape index (κ3) is 2.96. The summed E-state index contributed by atoms with van der Waals surface area (Å²) < 4.78 is 1.85. The zero-order valence-electron chi connectivity index (χ0n) is 14.7. The third-order valence-electron chi connectivity index (χ3n) is 5.00. The van der Waals surface area contributed by atoms with Gasteiger partial charge in [-0.05, 0) is 55.6 Å². The Kier molecular flexibility index (Phi) is 4.71. The van der Waals surface area contributed by atoms with Crippen LogP contribution in [0.1, 0.15) is 38.2 Å². The summed E-state index contributed by atoms with van der Waals surface area (Å²) in [5, 5.41) is 7.74. The summed E-state index contributed by atoms with van der Waals surface area (Å²) in [6.07, 6.45) is 5.15. The highest BCUT2D eigenvalue weighted by atomic mass is 16.2. The molecule has 1 aliphatic rings. The zero-order chi connectivity index (χ0) is 17.2. The maximum atomic E-state index is 13.4. The number of aromatic nitrogens is 2. The minimum Gasteiger partial charge on any atom is -0.317 e. The number of nitrogens with zero attached hydrogens (tertiary/aromatic N) is 3. The van der Waals surface area contributed by atoms with E-state index in [2.05, 4.69) is 36.4 Å². The maximum Gasteiger partial charge on any atom is 0.254 e. The Morgan fingerprint density at radius 3 is 2.67 bits per heavy atom. The molecule has 128 valence electrons. The first-order chi connectivity index (χ1) is 11.5. The van der Waals surface area contributed by atoms with Crippen LogP contribution in [0.2, 0.25) is 0 Å². The van der Waals surface area contributed by atoms with E-state index in [1.165, 1.54) is 5.56 Å². The molecule has 0 aliphatic carbocycles. The van der Waals surface area contributed by atoms with Gasteiger partial charge in [0.1, 0.15) is 5.54 Å². The molecule has 2 aromatic rings. The van der Waals surface area contributed by atoms with Gasteiger partial charge < -0.3 is 10.2 Å². The molecule has 1 saturated heterocycles. The second-order valence-electron chi connectivity index (χ2n) is 6.85. The summed E-state index contributed by atoms with van der Waals surface area (Å²) >= 11 is 0. The Morgan fingerprint density at radius 1 is 1.29 bits per heavy atom. The molecule has 0 radical (unpaired) electrons. The van der Waals surface area contributed by atoms with Crippen molar-refractivity contribution in [3.63, 3.8) is 0 Å². The summed E-state index contributed by atoms with van der Waals surface area (Å²) in [5.74, 6) is 0.543. The number of likely N-dealkylation sites (N-methyl/N-ethyl adjacent to an activating group) is 1. The topological polar surface area (TPSA) is 50.2 Å². The maximum absolute atomic E-state index is 13.4. The van der Waals surface area contributed by atoms with Crippen LogP contribution in [-0.2, 0) is 10.3 Å². The average molecular weight is 326 g/mol. The second-order valence-corrected chi connectivity index (χ2v) is 6.85. The minimum absolute atomic E-state index is 0.105. The predicted molar refractivity (Wildman–Crippen MR) is 96.2 cm³/mol. The fourth-order valence-corrected chi connectivity index (χ4v) is 3.43. The van der Waals surface area contributed by atoms with Crippen molar-refractivity contribution >= 4 is 11.6 Å². The number of amides is 1. The van der Waals surface area contributed by atoms with E-state index in [1.54, 1.807) is 11.1 Å². The Labute approximate surface area is 143 Å². The quantitative estimate of drug-likeness (QED) is 0.940. The summed E-state index contributed by atoms with van der Waals surface area (Å²) in [4.78, 5) is 15.2. The van der Waals surface area contributed by atoms with Crippen molar-refractivity contribution in [2.45, 2.75) is 38.1 Å². The molecule has 2 heterocycles. The highest BCUT2D eigenvalue weighted by molar-refractivity contribution is 5.98. The van der Waals surface area contributed by atoms with Crippen molar-refractivity contribution in [1.29, 1.82) is 0 Å². The molecule has 0 spiro atoms. The lowest BCUT2D eigenvalue weighted by molar-refractivity contribution is -0.128. The molecule has 1 aromatic heterocycles. The normalized spacial score (nSPS) is 17.0. The lowest BCUT2D eigenvalue weighted by Gasteiger charge is -2.39. The molecule has 24 heavy (non-hydrogen) atoms. The van der Waals surface area contributed by atoms with Gasteiger partial charge in [-0.2, -0.15) is 5.10 Å². The van der Waals surface area contributed by atoms with E-state index in [1.807, 2.05) is 36.1 Å².